The van der Waals surface area contributed by atoms with Crippen molar-refractivity contribution in [3.8, 4) is 11.5 Å². The monoisotopic (exact) mass is 164 g/mol. The summed E-state index contributed by atoms with van der Waals surface area (Å²) in [6, 6.07) is 5.45. The Morgan fingerprint density at radius 2 is 2.08 bits per heavy atom. The second-order valence-electron chi connectivity index (χ2n) is 3.24. The summed E-state index contributed by atoms with van der Waals surface area (Å²) in [5.41, 5.74) is 1.20. The van der Waals surface area contributed by atoms with Crippen molar-refractivity contribution >= 4 is 0 Å². The van der Waals surface area contributed by atoms with Gasteiger partial charge < -0.3 is 9.84 Å². The van der Waals surface area contributed by atoms with Gasteiger partial charge in [-0.3, -0.25) is 0 Å². The molecule has 1 aliphatic carbocycles. The molecule has 0 amide bonds. The van der Waals surface area contributed by atoms with Crippen LogP contribution in [0.25, 0.3) is 0 Å². The predicted molar refractivity (Wildman–Crippen MR) is 46.6 cm³/mol. The predicted octanol–water partition coefficient (Wildman–Crippen LogP) is 2.28. The molecule has 0 unspecified atom stereocenters. The minimum atomic E-state index is 0.302. The average Bonchev–Trinajstić information content (AvgIpc) is 2.85. The molecule has 2 rings (SSSR count). The second-order valence-corrected chi connectivity index (χ2v) is 3.24. The molecule has 0 saturated heterocycles. The van der Waals surface area contributed by atoms with Crippen molar-refractivity contribution in [2.45, 2.75) is 18.8 Å². The Morgan fingerprint density at radius 1 is 1.33 bits per heavy atom. The van der Waals surface area contributed by atoms with Crippen LogP contribution in [0.4, 0.5) is 0 Å². The molecule has 1 fully saturated rings. The summed E-state index contributed by atoms with van der Waals surface area (Å²) in [5, 5.41) is 9.32. The van der Waals surface area contributed by atoms with Gasteiger partial charge in [-0.25, -0.2) is 0 Å². The van der Waals surface area contributed by atoms with Crippen molar-refractivity contribution in [3.63, 3.8) is 0 Å². The lowest BCUT2D eigenvalue weighted by Crippen LogP contribution is -1.85. The van der Waals surface area contributed by atoms with Gasteiger partial charge in [0.1, 0.15) is 11.5 Å². The number of aromatic hydroxyl groups is 1. The van der Waals surface area contributed by atoms with E-state index in [-0.39, 0.29) is 0 Å². The van der Waals surface area contributed by atoms with E-state index < -0.39 is 0 Å². The maximum atomic E-state index is 9.32. The normalized spacial score (nSPS) is 16.1. The molecule has 0 spiro atoms. The lowest BCUT2D eigenvalue weighted by atomic mass is 10.1. The van der Waals surface area contributed by atoms with E-state index in [1.807, 2.05) is 12.1 Å². The van der Waals surface area contributed by atoms with E-state index in [4.69, 9.17) is 4.74 Å². The van der Waals surface area contributed by atoms with Crippen molar-refractivity contribution in [2.24, 2.45) is 0 Å². The smallest absolute Gasteiger partial charge is 0.122 e. The van der Waals surface area contributed by atoms with Gasteiger partial charge in [0, 0.05) is 6.07 Å². The molecule has 2 nitrogen and oxygen atoms in total. The summed E-state index contributed by atoms with van der Waals surface area (Å²) in [6.45, 7) is 0. The zero-order valence-corrected chi connectivity index (χ0v) is 7.08. The largest absolute Gasteiger partial charge is 0.508 e. The first kappa shape index (κ1) is 7.47. The molecule has 1 aliphatic rings. The number of phenols is 1. The van der Waals surface area contributed by atoms with Crippen LogP contribution in [0.15, 0.2) is 18.2 Å². The highest BCUT2D eigenvalue weighted by Gasteiger charge is 2.24. The van der Waals surface area contributed by atoms with Crippen molar-refractivity contribution in [1.82, 2.24) is 0 Å². The fourth-order valence-electron chi connectivity index (χ4n) is 1.38. The molecular formula is C10H12O2. The van der Waals surface area contributed by atoms with E-state index in [9.17, 15) is 5.11 Å². The van der Waals surface area contributed by atoms with Gasteiger partial charge in [0.2, 0.25) is 0 Å². The van der Waals surface area contributed by atoms with E-state index in [0.29, 0.717) is 11.7 Å². The minimum absolute atomic E-state index is 0.302. The van der Waals surface area contributed by atoms with Crippen LogP contribution in [0, 0.1) is 0 Å². The fourth-order valence-corrected chi connectivity index (χ4v) is 1.38. The highest BCUT2D eigenvalue weighted by atomic mass is 16.5. The van der Waals surface area contributed by atoms with Gasteiger partial charge in [-0.1, -0.05) is 0 Å². The van der Waals surface area contributed by atoms with Gasteiger partial charge in [-0.15, -0.1) is 0 Å². The van der Waals surface area contributed by atoms with Crippen LogP contribution in [0.5, 0.6) is 11.5 Å². The van der Waals surface area contributed by atoms with Crippen molar-refractivity contribution in [2.75, 3.05) is 7.11 Å². The van der Waals surface area contributed by atoms with Crippen molar-refractivity contribution in [1.29, 1.82) is 0 Å². The second kappa shape index (κ2) is 2.70. The standard InChI is InChI=1S/C10H12O2/c1-12-10-5-8(7-2-3-7)4-9(11)6-10/h4-7,11H,2-3H2,1H3. The van der Waals surface area contributed by atoms with E-state index in [0.717, 1.165) is 5.75 Å². The van der Waals surface area contributed by atoms with Gasteiger partial charge in [-0.05, 0) is 36.5 Å². The van der Waals surface area contributed by atoms with Crippen molar-refractivity contribution in [3.05, 3.63) is 23.8 Å². The Labute approximate surface area is 71.8 Å². The highest BCUT2D eigenvalue weighted by molar-refractivity contribution is 5.40. The Bertz CT molecular complexity index is 290. The van der Waals surface area contributed by atoms with Gasteiger partial charge in [0.25, 0.3) is 0 Å². The van der Waals surface area contributed by atoms with Gasteiger partial charge in [0.15, 0.2) is 0 Å². The number of benzene rings is 1. The van der Waals surface area contributed by atoms with Crippen LogP contribution in [0.1, 0.15) is 24.3 Å². The maximum absolute atomic E-state index is 9.32. The molecule has 0 aliphatic heterocycles. The third kappa shape index (κ3) is 1.37. The zero-order valence-electron chi connectivity index (χ0n) is 7.08. The first-order chi connectivity index (χ1) is 5.79. The van der Waals surface area contributed by atoms with Gasteiger partial charge >= 0.3 is 0 Å². The molecule has 1 aromatic carbocycles. The molecule has 0 radical (unpaired) electrons. The van der Waals surface area contributed by atoms with E-state index in [2.05, 4.69) is 0 Å². The number of hydrogen-bond donors (Lipinski definition) is 1. The number of methoxy groups -OCH3 is 1. The molecule has 0 atom stereocenters. The van der Waals surface area contributed by atoms with Crippen molar-refractivity contribution < 1.29 is 9.84 Å². The summed E-state index contributed by atoms with van der Waals surface area (Å²) in [7, 11) is 1.62. The Balaban J connectivity index is 2.34. The number of rotatable bonds is 2. The molecule has 0 heterocycles. The summed E-state index contributed by atoms with van der Waals surface area (Å²) in [4.78, 5) is 0. The van der Waals surface area contributed by atoms with Gasteiger partial charge in [0.05, 0.1) is 7.11 Å². The molecule has 12 heavy (non-hydrogen) atoms. The van der Waals surface area contributed by atoms with Crippen LogP contribution in [0.2, 0.25) is 0 Å². The molecule has 2 heteroatoms. The molecule has 0 aromatic heterocycles. The summed E-state index contributed by atoms with van der Waals surface area (Å²) in [6.07, 6.45) is 2.49. The SMILES string of the molecule is COc1cc(O)cc(C2CC2)c1. The quantitative estimate of drug-likeness (QED) is 0.726. The highest BCUT2D eigenvalue weighted by Crippen LogP contribution is 2.42. The summed E-state index contributed by atoms with van der Waals surface area (Å²) >= 11 is 0. The van der Waals surface area contributed by atoms with Crippen LogP contribution in [-0.2, 0) is 0 Å². The van der Waals surface area contributed by atoms with Crippen LogP contribution >= 0.6 is 0 Å². The van der Waals surface area contributed by atoms with E-state index in [1.54, 1.807) is 13.2 Å². The lowest BCUT2D eigenvalue weighted by Gasteiger charge is -2.03. The molecule has 1 N–H and O–H groups in total. The maximum Gasteiger partial charge on any atom is 0.122 e. The van der Waals surface area contributed by atoms with Crippen LogP contribution < -0.4 is 4.74 Å². The van der Waals surface area contributed by atoms with E-state index in [1.165, 1.54) is 18.4 Å². The fraction of sp³-hybridized carbons (Fsp3) is 0.400. The molecule has 1 aromatic rings. The molecule has 0 bridgehead atoms. The van der Waals surface area contributed by atoms with Crippen LogP contribution in [-0.4, -0.2) is 12.2 Å². The first-order valence-corrected chi connectivity index (χ1v) is 4.17. The van der Waals surface area contributed by atoms with Gasteiger partial charge in [-0.2, -0.15) is 0 Å². The molecule has 1 saturated carbocycles. The molecular weight excluding hydrogens is 152 g/mol. The van der Waals surface area contributed by atoms with Crippen LogP contribution in [0.3, 0.4) is 0 Å². The third-order valence-electron chi connectivity index (χ3n) is 2.20. The van der Waals surface area contributed by atoms with E-state index >= 15 is 0 Å². The summed E-state index contributed by atoms with van der Waals surface area (Å²) < 4.78 is 5.05. The Kier molecular flexibility index (Phi) is 1.68. The Hall–Kier alpha value is -1.18. The first-order valence-electron chi connectivity index (χ1n) is 4.17. The lowest BCUT2D eigenvalue weighted by molar-refractivity contribution is 0.407. The summed E-state index contributed by atoms with van der Waals surface area (Å²) in [5.74, 6) is 1.71. The third-order valence-corrected chi connectivity index (χ3v) is 2.20. The Morgan fingerprint density at radius 3 is 2.67 bits per heavy atom. The molecule has 64 valence electrons. The topological polar surface area (TPSA) is 29.5 Å². The minimum Gasteiger partial charge on any atom is -0.508 e. The number of hydrogen-bond acceptors (Lipinski definition) is 2. The number of ether oxygens (including phenoxy) is 1. The zero-order chi connectivity index (χ0) is 8.55. The average molecular weight is 164 g/mol. The number of phenolic OH excluding ortho intramolecular Hbond substituents is 1.